The van der Waals surface area contributed by atoms with Crippen molar-refractivity contribution in [1.29, 1.82) is 0 Å². The van der Waals surface area contributed by atoms with Gasteiger partial charge in [-0.2, -0.15) is 0 Å². The van der Waals surface area contributed by atoms with Crippen molar-refractivity contribution >= 4 is 26.9 Å². The molecule has 0 amide bonds. The van der Waals surface area contributed by atoms with Crippen molar-refractivity contribution in [2.45, 2.75) is 6.10 Å². The summed E-state index contributed by atoms with van der Waals surface area (Å²) in [6.07, 6.45) is 0.922. The van der Waals surface area contributed by atoms with Crippen molar-refractivity contribution in [3.63, 3.8) is 0 Å². The summed E-state index contributed by atoms with van der Waals surface area (Å²) in [5.41, 5.74) is 6.83. The van der Waals surface area contributed by atoms with E-state index < -0.39 is 6.10 Å². The summed E-state index contributed by atoms with van der Waals surface area (Å²) in [7, 11) is 0. The summed E-state index contributed by atoms with van der Waals surface area (Å²) in [4.78, 5) is 0. The van der Waals surface area contributed by atoms with E-state index >= 15 is 0 Å². The van der Waals surface area contributed by atoms with E-state index in [0.717, 1.165) is 15.4 Å². The van der Waals surface area contributed by atoms with E-state index in [1.54, 1.807) is 6.26 Å². The number of fused-ring (bicyclic) bond motifs is 1. The van der Waals surface area contributed by atoms with E-state index in [2.05, 4.69) is 15.9 Å². The van der Waals surface area contributed by atoms with Crippen LogP contribution in [0.2, 0.25) is 0 Å². The lowest BCUT2D eigenvalue weighted by atomic mass is 10.1. The molecule has 1 heterocycles. The van der Waals surface area contributed by atoms with Gasteiger partial charge in [0.05, 0.1) is 12.4 Å². The lowest BCUT2D eigenvalue weighted by Gasteiger charge is -2.08. The molecule has 0 aliphatic heterocycles. The first kappa shape index (κ1) is 9.71. The molecular weight excluding hydrogens is 246 g/mol. The van der Waals surface area contributed by atoms with Crippen LogP contribution >= 0.6 is 15.9 Å². The molecule has 3 nitrogen and oxygen atoms in total. The fourth-order valence-corrected chi connectivity index (χ4v) is 1.94. The van der Waals surface area contributed by atoms with Crippen LogP contribution in [0, 0.1) is 0 Å². The zero-order valence-electron chi connectivity index (χ0n) is 7.40. The van der Waals surface area contributed by atoms with E-state index in [0.29, 0.717) is 5.58 Å². The second kappa shape index (κ2) is 3.73. The molecule has 2 aromatic rings. The highest BCUT2D eigenvalue weighted by molar-refractivity contribution is 9.10. The van der Waals surface area contributed by atoms with E-state index in [9.17, 15) is 5.11 Å². The fourth-order valence-electron chi connectivity index (χ4n) is 1.45. The number of furan rings is 1. The fraction of sp³-hybridized carbons (Fsp3) is 0.200. The SMILES string of the molecule is NCC(O)c1cc(Br)cc2ccoc12. The van der Waals surface area contributed by atoms with Crippen LogP contribution < -0.4 is 5.73 Å². The van der Waals surface area contributed by atoms with Crippen molar-refractivity contribution in [3.05, 3.63) is 34.5 Å². The van der Waals surface area contributed by atoms with Gasteiger partial charge in [-0.15, -0.1) is 0 Å². The first-order chi connectivity index (χ1) is 6.72. The Morgan fingerprint density at radius 2 is 2.29 bits per heavy atom. The Labute approximate surface area is 89.6 Å². The minimum atomic E-state index is -0.679. The lowest BCUT2D eigenvalue weighted by molar-refractivity contribution is 0.187. The number of halogens is 1. The summed E-state index contributed by atoms with van der Waals surface area (Å²) < 4.78 is 6.20. The van der Waals surface area contributed by atoms with Gasteiger partial charge < -0.3 is 15.3 Å². The van der Waals surface area contributed by atoms with Crippen molar-refractivity contribution < 1.29 is 9.52 Å². The minimum absolute atomic E-state index is 0.187. The van der Waals surface area contributed by atoms with Gasteiger partial charge in [0.2, 0.25) is 0 Å². The summed E-state index contributed by atoms with van der Waals surface area (Å²) >= 11 is 3.37. The number of benzene rings is 1. The molecule has 0 aliphatic rings. The van der Waals surface area contributed by atoms with Gasteiger partial charge in [-0.05, 0) is 18.2 Å². The molecule has 1 aromatic heterocycles. The normalized spacial score (nSPS) is 13.4. The lowest BCUT2D eigenvalue weighted by Crippen LogP contribution is -2.11. The van der Waals surface area contributed by atoms with Crippen LogP contribution in [0.25, 0.3) is 11.0 Å². The topological polar surface area (TPSA) is 59.4 Å². The van der Waals surface area contributed by atoms with Crippen LogP contribution in [-0.4, -0.2) is 11.7 Å². The first-order valence-electron chi connectivity index (χ1n) is 4.27. The highest BCUT2D eigenvalue weighted by Crippen LogP contribution is 2.28. The average Bonchev–Trinajstić information content (AvgIpc) is 2.62. The zero-order valence-corrected chi connectivity index (χ0v) is 8.99. The molecule has 1 atom stereocenters. The molecule has 14 heavy (non-hydrogen) atoms. The Kier molecular flexibility index (Phi) is 2.58. The summed E-state index contributed by atoms with van der Waals surface area (Å²) in [5.74, 6) is 0. The summed E-state index contributed by atoms with van der Waals surface area (Å²) in [5, 5.41) is 10.6. The maximum absolute atomic E-state index is 9.66. The first-order valence-corrected chi connectivity index (χ1v) is 5.06. The van der Waals surface area contributed by atoms with Crippen LogP contribution in [0.3, 0.4) is 0 Å². The van der Waals surface area contributed by atoms with Crippen molar-refractivity contribution in [1.82, 2.24) is 0 Å². The smallest absolute Gasteiger partial charge is 0.139 e. The van der Waals surface area contributed by atoms with Crippen molar-refractivity contribution in [2.24, 2.45) is 5.73 Å². The molecule has 0 spiro atoms. The Morgan fingerprint density at radius 1 is 1.50 bits per heavy atom. The Morgan fingerprint density at radius 3 is 3.00 bits per heavy atom. The van der Waals surface area contributed by atoms with Crippen molar-refractivity contribution in [2.75, 3.05) is 6.54 Å². The molecule has 74 valence electrons. The number of aliphatic hydroxyl groups is 1. The Bertz CT molecular complexity index is 452. The molecule has 0 fully saturated rings. The van der Waals surface area contributed by atoms with Gasteiger partial charge in [-0.3, -0.25) is 0 Å². The number of hydrogen-bond acceptors (Lipinski definition) is 3. The highest BCUT2D eigenvalue weighted by Gasteiger charge is 2.12. The van der Waals surface area contributed by atoms with Crippen LogP contribution in [0.15, 0.2) is 33.4 Å². The van der Waals surface area contributed by atoms with Gasteiger partial charge in [0.1, 0.15) is 5.58 Å². The predicted octanol–water partition coefficient (Wildman–Crippen LogP) is 2.19. The maximum atomic E-state index is 9.66. The van der Waals surface area contributed by atoms with Gasteiger partial charge >= 0.3 is 0 Å². The number of rotatable bonds is 2. The maximum Gasteiger partial charge on any atom is 0.139 e. The van der Waals surface area contributed by atoms with Crippen LogP contribution in [-0.2, 0) is 0 Å². The van der Waals surface area contributed by atoms with E-state index in [1.807, 2.05) is 18.2 Å². The molecule has 0 bridgehead atoms. The monoisotopic (exact) mass is 255 g/mol. The second-order valence-corrected chi connectivity index (χ2v) is 4.00. The molecule has 1 unspecified atom stereocenters. The highest BCUT2D eigenvalue weighted by atomic mass is 79.9. The van der Waals surface area contributed by atoms with E-state index in [4.69, 9.17) is 10.2 Å². The predicted molar refractivity (Wildman–Crippen MR) is 57.9 cm³/mol. The third kappa shape index (κ3) is 1.56. The van der Waals surface area contributed by atoms with Gasteiger partial charge in [-0.25, -0.2) is 0 Å². The van der Waals surface area contributed by atoms with Gasteiger partial charge in [0, 0.05) is 22.0 Å². The summed E-state index contributed by atoms with van der Waals surface area (Å²) in [6, 6.07) is 5.61. The van der Waals surface area contributed by atoms with E-state index in [-0.39, 0.29) is 6.54 Å². The van der Waals surface area contributed by atoms with Crippen LogP contribution in [0.5, 0.6) is 0 Å². The molecule has 1 aromatic carbocycles. The van der Waals surface area contributed by atoms with Crippen molar-refractivity contribution in [3.8, 4) is 0 Å². The van der Waals surface area contributed by atoms with Crippen LogP contribution in [0.4, 0.5) is 0 Å². The molecule has 0 saturated heterocycles. The second-order valence-electron chi connectivity index (χ2n) is 3.09. The number of aliphatic hydroxyl groups excluding tert-OH is 1. The molecule has 2 rings (SSSR count). The molecule has 0 radical (unpaired) electrons. The molecule has 0 saturated carbocycles. The number of hydrogen-bond donors (Lipinski definition) is 2. The molecule has 3 N–H and O–H groups in total. The van der Waals surface area contributed by atoms with Gasteiger partial charge in [-0.1, -0.05) is 15.9 Å². The van der Waals surface area contributed by atoms with Gasteiger partial charge in [0.25, 0.3) is 0 Å². The van der Waals surface area contributed by atoms with Crippen LogP contribution in [0.1, 0.15) is 11.7 Å². The van der Waals surface area contributed by atoms with E-state index in [1.165, 1.54) is 0 Å². The van der Waals surface area contributed by atoms with Gasteiger partial charge in [0.15, 0.2) is 0 Å². The standard InChI is InChI=1S/C10H10BrNO2/c11-7-3-6-1-2-14-10(6)8(4-7)9(13)5-12/h1-4,9,13H,5,12H2. The quantitative estimate of drug-likeness (QED) is 0.865. The average molecular weight is 256 g/mol. The zero-order chi connectivity index (χ0) is 10.1. The molecule has 0 aliphatic carbocycles. The third-order valence-electron chi connectivity index (χ3n) is 2.13. The summed E-state index contributed by atoms with van der Waals surface area (Å²) in [6.45, 7) is 0.187. The largest absolute Gasteiger partial charge is 0.464 e. The minimum Gasteiger partial charge on any atom is -0.464 e. The third-order valence-corrected chi connectivity index (χ3v) is 2.58. The Balaban J connectivity index is 2.66. The molecular formula is C10H10BrNO2. The Hall–Kier alpha value is -0.840. The number of nitrogens with two attached hydrogens (primary N) is 1. The molecule has 4 heteroatoms.